The second-order valence-electron chi connectivity index (χ2n) is 23.8. The molecule has 0 aliphatic carbocycles. The molecule has 0 radical (unpaired) electrons. The van der Waals surface area contributed by atoms with Gasteiger partial charge in [-0.3, -0.25) is 0 Å². The molecule has 4 nitrogen and oxygen atoms in total. The molecule has 8 aromatic carbocycles. The Morgan fingerprint density at radius 2 is 0.500 bits per heavy atom. The van der Waals surface area contributed by atoms with Gasteiger partial charge in [0.25, 0.3) is 0 Å². The van der Waals surface area contributed by atoms with Crippen molar-refractivity contribution in [2.45, 2.75) is 149 Å². The van der Waals surface area contributed by atoms with Crippen LogP contribution in [0, 0.1) is 0 Å². The Bertz CT molecular complexity index is 3420. The minimum atomic E-state index is -4.31. The fourth-order valence-electron chi connectivity index (χ4n) is 11.2. The third-order valence-corrected chi connectivity index (χ3v) is 25.0. The molecule has 14 heteroatoms. The monoisotopic (exact) mass is 1230 g/mol. The molecule has 0 atom stereocenters. The van der Waals surface area contributed by atoms with Crippen molar-refractivity contribution < 1.29 is 45.3 Å². The Kier molecular flexibility index (Phi) is 21.7. The summed E-state index contributed by atoms with van der Waals surface area (Å²) in [5.74, 6) is 12.9. The molecule has 4 fully saturated rings. The largest absolute Gasteiger partial charge is 0.488 e. The third-order valence-electron chi connectivity index (χ3n) is 14.9. The summed E-state index contributed by atoms with van der Waals surface area (Å²) in [5.41, 5.74) is -0.308. The summed E-state index contributed by atoms with van der Waals surface area (Å²) in [6.07, 6.45) is 4.57. The van der Waals surface area contributed by atoms with Crippen LogP contribution in [0.1, 0.15) is 106 Å². The van der Waals surface area contributed by atoms with E-state index in [1.807, 2.05) is 60.7 Å². The highest BCUT2D eigenvalue weighted by Gasteiger charge is 2.34. The van der Waals surface area contributed by atoms with E-state index in [1.54, 1.807) is 21.9 Å². The number of ether oxygens (including phenoxy) is 4. The summed E-state index contributed by atoms with van der Waals surface area (Å²) in [6.45, 7) is 10.1. The van der Waals surface area contributed by atoms with Gasteiger partial charge in [0.2, 0.25) is 0 Å². The Labute approximate surface area is 505 Å². The van der Waals surface area contributed by atoms with E-state index in [9.17, 15) is 26.3 Å². The predicted molar refractivity (Wildman–Crippen MR) is 347 cm³/mol. The van der Waals surface area contributed by atoms with Crippen LogP contribution in [0.25, 0.3) is 43.1 Å². The average molecular weight is 1230 g/mol. The molecule has 4 saturated heterocycles. The Balaban J connectivity index is 0.000000134. The Morgan fingerprint density at radius 1 is 0.286 bits per heavy atom. The maximum Gasteiger partial charge on any atom is 0.422 e. The molecule has 0 unspecified atom stereocenters. The van der Waals surface area contributed by atoms with Gasteiger partial charge in [-0.1, -0.05) is 72.8 Å². The fraction of sp³-hybridized carbons (Fsp3) is 0.429. The first-order valence-corrected chi connectivity index (χ1v) is 36.0. The predicted octanol–water partition coefficient (Wildman–Crippen LogP) is 19.5. The smallest absolute Gasteiger partial charge is 0.422 e. The lowest BCUT2D eigenvalue weighted by Gasteiger charge is -2.23. The van der Waals surface area contributed by atoms with Crippen LogP contribution in [0.4, 0.5) is 26.3 Å². The van der Waals surface area contributed by atoms with E-state index >= 15 is 0 Å². The molecule has 0 saturated carbocycles. The van der Waals surface area contributed by atoms with Gasteiger partial charge in [0.15, 0.2) is 32.8 Å². The molecule has 4 aliphatic rings. The van der Waals surface area contributed by atoms with E-state index in [-0.39, 0.29) is 33.0 Å². The average Bonchev–Trinajstić information content (AvgIpc) is 4.38. The van der Waals surface area contributed by atoms with Crippen molar-refractivity contribution in [3.8, 4) is 23.0 Å². The van der Waals surface area contributed by atoms with Gasteiger partial charge in [-0.25, -0.2) is 0 Å². The number of halogens is 6. The van der Waals surface area contributed by atoms with E-state index in [2.05, 4.69) is 114 Å². The molecule has 0 spiro atoms. The molecule has 0 N–H and O–H groups in total. The quantitative estimate of drug-likeness (QED) is 0.101. The van der Waals surface area contributed by atoms with Crippen molar-refractivity contribution in [2.75, 3.05) is 59.2 Å². The lowest BCUT2D eigenvalue weighted by atomic mass is 10.1. The maximum atomic E-state index is 12.4. The number of benzene rings is 8. The van der Waals surface area contributed by atoms with Crippen molar-refractivity contribution in [1.82, 2.24) is 0 Å². The van der Waals surface area contributed by atoms with Gasteiger partial charge >= 0.3 is 12.4 Å². The first-order chi connectivity index (χ1) is 40.2. The lowest BCUT2D eigenvalue weighted by Crippen LogP contribution is -2.23. The number of hydrogen-bond acceptors (Lipinski definition) is 4. The van der Waals surface area contributed by atoms with Gasteiger partial charge in [-0.05, 0) is 179 Å². The second kappa shape index (κ2) is 28.7. The van der Waals surface area contributed by atoms with Gasteiger partial charge in [-0.15, -0.1) is 0 Å². The van der Waals surface area contributed by atoms with Crippen molar-refractivity contribution in [3.63, 3.8) is 0 Å². The van der Waals surface area contributed by atoms with E-state index in [1.165, 1.54) is 142 Å². The van der Waals surface area contributed by atoms with E-state index < -0.39 is 25.6 Å². The van der Waals surface area contributed by atoms with Crippen LogP contribution >= 0.6 is 0 Å². The van der Waals surface area contributed by atoms with Gasteiger partial charge in [0.1, 0.15) is 80.2 Å². The van der Waals surface area contributed by atoms with Gasteiger partial charge in [0.05, 0.1) is 0 Å². The van der Waals surface area contributed by atoms with Gasteiger partial charge < -0.3 is 18.9 Å². The zero-order chi connectivity index (χ0) is 59.5. The molecular weight excluding hydrogens is 1150 g/mol. The highest BCUT2D eigenvalue weighted by atomic mass is 32.2. The zero-order valence-electron chi connectivity index (χ0n) is 49.5. The molecule has 4 heterocycles. The van der Waals surface area contributed by atoms with Crippen molar-refractivity contribution >= 4 is 86.7 Å². The first kappa shape index (κ1) is 63.5. The van der Waals surface area contributed by atoms with Gasteiger partial charge in [0, 0.05) is 86.7 Å². The normalized spacial score (nSPS) is 16.8. The SMILES string of the molecule is CC(C)(C)Oc1ccc([S+]2CCCC2)c2ccccc12.CC(C)(C)Oc1ccc([S+]2CCCCC2)c2ccccc12.FC(F)(F)COc1ccc([S+]2CCCC2)c2ccccc12.FC(F)(F)COc1ccc([S+]2CCCCC2)c2ccccc12. The summed E-state index contributed by atoms with van der Waals surface area (Å²) >= 11 is 0. The van der Waals surface area contributed by atoms with Crippen LogP contribution in [0.5, 0.6) is 23.0 Å². The number of hydrogen-bond donors (Lipinski definition) is 0. The van der Waals surface area contributed by atoms with Crippen LogP contribution in [0.3, 0.4) is 0 Å². The third kappa shape index (κ3) is 17.6. The summed E-state index contributed by atoms with van der Waals surface area (Å²) < 4.78 is 96.5. The van der Waals surface area contributed by atoms with E-state index in [4.69, 9.17) is 18.9 Å². The Morgan fingerprint density at radius 3 is 0.738 bits per heavy atom. The summed E-state index contributed by atoms with van der Waals surface area (Å²) in [7, 11) is 1.32. The molecule has 84 heavy (non-hydrogen) atoms. The van der Waals surface area contributed by atoms with Crippen LogP contribution in [-0.4, -0.2) is 82.8 Å². The minimum absolute atomic E-state index is 0.153. The maximum absolute atomic E-state index is 12.4. The lowest BCUT2D eigenvalue weighted by molar-refractivity contribution is -0.153. The minimum Gasteiger partial charge on any atom is -0.488 e. The highest BCUT2D eigenvalue weighted by Crippen LogP contribution is 2.40. The Hall–Kier alpha value is -5.02. The topological polar surface area (TPSA) is 36.9 Å². The molecule has 0 bridgehead atoms. The first-order valence-electron chi connectivity index (χ1n) is 29.7. The van der Waals surface area contributed by atoms with Crippen LogP contribution in [-0.2, 0) is 43.6 Å². The van der Waals surface area contributed by atoms with Crippen LogP contribution in [0.15, 0.2) is 165 Å². The number of alkyl halides is 6. The molecule has 448 valence electrons. The fourth-order valence-corrected chi connectivity index (χ4v) is 21.2. The second-order valence-corrected chi connectivity index (χ2v) is 32.8. The van der Waals surface area contributed by atoms with E-state index in [0.29, 0.717) is 33.3 Å². The van der Waals surface area contributed by atoms with Crippen molar-refractivity contribution in [1.29, 1.82) is 0 Å². The van der Waals surface area contributed by atoms with Crippen LogP contribution < -0.4 is 18.9 Å². The van der Waals surface area contributed by atoms with Crippen molar-refractivity contribution in [3.05, 3.63) is 146 Å². The van der Waals surface area contributed by atoms with Crippen molar-refractivity contribution in [2.24, 2.45) is 0 Å². The molecule has 4 aliphatic heterocycles. The number of fused-ring (bicyclic) bond motifs is 4. The van der Waals surface area contributed by atoms with E-state index in [0.717, 1.165) is 33.0 Å². The highest BCUT2D eigenvalue weighted by molar-refractivity contribution is 7.98. The summed E-state index contributed by atoms with van der Waals surface area (Å²) in [5, 5.41) is 8.93. The number of rotatable bonds is 10. The molecular formula is C70H82F6O4S4+4. The van der Waals surface area contributed by atoms with Crippen LogP contribution in [0.2, 0.25) is 0 Å². The standard InChI is InChI=1S/C19H25OS.C18H23OS.C17H18F3OS.C16H16F3OS/c1-19(2,3)20-17-11-12-18(21-13-7-4-8-14-21)16-10-6-5-9-15(16)17;1-18(2,3)19-16-10-11-17(20-12-6-7-13-20)15-9-5-4-8-14(15)16;18-17(19,20)12-21-15-8-9-16(22-10-4-1-5-11-22)14-7-3-2-6-13(14)15;17-16(18,19)11-20-14-7-8-15(21-9-3-4-10-21)13-6-2-1-5-12(13)14/h5-6,9-12H,4,7-8,13-14H2,1-3H3;4-5,8-11H,6-7,12-13H2,1-3H3;2-3,6-9H,1,4-5,10-12H2;1-2,5-8H,3-4,9-11H2/q4*+1. The zero-order valence-corrected chi connectivity index (χ0v) is 52.8. The molecule has 0 aromatic heterocycles. The molecule has 0 amide bonds. The molecule has 8 aromatic rings. The summed E-state index contributed by atoms with van der Waals surface area (Å²) in [4.78, 5) is 5.63. The van der Waals surface area contributed by atoms with Gasteiger partial charge in [-0.2, -0.15) is 26.3 Å². The molecule has 12 rings (SSSR count). The summed E-state index contributed by atoms with van der Waals surface area (Å²) in [6, 6.07) is 48.9.